The standard InChI is InChI=1S/C37H32N2O9/c1-2-33(40)47-21-8-4-3-7-20-46-27-17-14-24(15-18-27)37(43)48-32-19-16-26(39(44)45)22-25(32)23-38-31-13-9-12-30-34(31)36(42)29-11-6-5-10-28(29)35(30)41/h2,5-6,9-19,22,38H,1,3-4,7-8,20-21,23H2. The largest absolute Gasteiger partial charge is 0.494 e. The smallest absolute Gasteiger partial charge is 0.343 e. The second-order valence-corrected chi connectivity index (χ2v) is 10.9. The van der Waals surface area contributed by atoms with Crippen LogP contribution in [0.1, 0.15) is 73.4 Å². The van der Waals surface area contributed by atoms with Crippen molar-refractivity contribution >= 4 is 34.9 Å². The second kappa shape index (κ2) is 15.5. The predicted molar refractivity (Wildman–Crippen MR) is 177 cm³/mol. The van der Waals surface area contributed by atoms with Gasteiger partial charge in [0.15, 0.2) is 11.6 Å². The summed E-state index contributed by atoms with van der Waals surface area (Å²) in [4.78, 5) is 61.6. The summed E-state index contributed by atoms with van der Waals surface area (Å²) in [6.45, 7) is 4.14. The number of nitro groups is 1. The number of ether oxygens (including phenoxy) is 3. The highest BCUT2D eigenvalue weighted by Gasteiger charge is 2.31. The van der Waals surface area contributed by atoms with Gasteiger partial charge in [0.05, 0.1) is 29.3 Å². The Morgan fingerprint density at radius 1 is 0.812 bits per heavy atom. The van der Waals surface area contributed by atoms with Crippen molar-refractivity contribution in [1.82, 2.24) is 0 Å². The molecule has 0 spiro atoms. The van der Waals surface area contributed by atoms with E-state index in [1.54, 1.807) is 66.7 Å². The van der Waals surface area contributed by atoms with Gasteiger partial charge < -0.3 is 19.5 Å². The van der Waals surface area contributed by atoms with E-state index in [9.17, 15) is 29.3 Å². The van der Waals surface area contributed by atoms with E-state index >= 15 is 0 Å². The molecular weight excluding hydrogens is 616 g/mol. The minimum atomic E-state index is -0.678. The third kappa shape index (κ3) is 7.81. The van der Waals surface area contributed by atoms with Crippen molar-refractivity contribution in [2.45, 2.75) is 32.2 Å². The van der Waals surface area contributed by atoms with Crippen molar-refractivity contribution in [1.29, 1.82) is 0 Å². The van der Waals surface area contributed by atoms with Gasteiger partial charge in [-0.1, -0.05) is 43.0 Å². The van der Waals surface area contributed by atoms with Crippen LogP contribution in [0.3, 0.4) is 0 Å². The molecule has 0 atom stereocenters. The number of non-ortho nitro benzene ring substituents is 1. The van der Waals surface area contributed by atoms with Crippen molar-refractivity contribution in [2.75, 3.05) is 18.5 Å². The van der Waals surface area contributed by atoms with E-state index in [4.69, 9.17) is 14.2 Å². The molecule has 1 N–H and O–H groups in total. The molecule has 0 aliphatic heterocycles. The van der Waals surface area contributed by atoms with E-state index in [-0.39, 0.29) is 46.2 Å². The Bertz CT molecular complexity index is 1880. The Morgan fingerprint density at radius 3 is 2.21 bits per heavy atom. The van der Waals surface area contributed by atoms with Crippen LogP contribution in [0, 0.1) is 10.1 Å². The number of esters is 2. The monoisotopic (exact) mass is 648 g/mol. The quantitative estimate of drug-likeness (QED) is 0.0318. The molecule has 1 aliphatic rings. The van der Waals surface area contributed by atoms with Crippen LogP contribution >= 0.6 is 0 Å². The predicted octanol–water partition coefficient (Wildman–Crippen LogP) is 6.87. The Morgan fingerprint density at radius 2 is 1.50 bits per heavy atom. The van der Waals surface area contributed by atoms with Crippen molar-refractivity contribution in [3.05, 3.63) is 141 Å². The highest BCUT2D eigenvalue weighted by atomic mass is 16.6. The average molecular weight is 649 g/mol. The minimum absolute atomic E-state index is 0.0450. The molecule has 0 radical (unpaired) electrons. The zero-order valence-electron chi connectivity index (χ0n) is 25.9. The molecule has 48 heavy (non-hydrogen) atoms. The van der Waals surface area contributed by atoms with Gasteiger partial charge in [0.25, 0.3) is 5.69 Å². The maximum absolute atomic E-state index is 13.4. The topological polar surface area (TPSA) is 151 Å². The number of fused-ring (bicyclic) bond motifs is 2. The van der Waals surface area contributed by atoms with Gasteiger partial charge in [-0.25, -0.2) is 9.59 Å². The molecular formula is C37H32N2O9. The van der Waals surface area contributed by atoms with Gasteiger partial charge in [-0.2, -0.15) is 0 Å². The fraction of sp³-hybridized carbons (Fsp3) is 0.189. The van der Waals surface area contributed by atoms with Gasteiger partial charge in [-0.05, 0) is 62.1 Å². The molecule has 0 saturated carbocycles. The molecule has 0 unspecified atom stereocenters. The van der Waals surface area contributed by atoms with Crippen molar-refractivity contribution < 1.29 is 38.3 Å². The van der Waals surface area contributed by atoms with Crippen LogP contribution in [0.25, 0.3) is 0 Å². The molecule has 5 rings (SSSR count). The van der Waals surface area contributed by atoms with Gasteiger partial charge >= 0.3 is 11.9 Å². The molecule has 4 aromatic rings. The van der Waals surface area contributed by atoms with Crippen LogP contribution in [-0.2, 0) is 16.1 Å². The number of nitrogens with one attached hydrogen (secondary N) is 1. The summed E-state index contributed by atoms with van der Waals surface area (Å²) >= 11 is 0. The van der Waals surface area contributed by atoms with Crippen LogP contribution in [0.5, 0.6) is 11.5 Å². The number of carbonyl (C=O) groups is 4. The van der Waals surface area contributed by atoms with Gasteiger partial charge in [0.1, 0.15) is 11.5 Å². The number of ketones is 2. The summed E-state index contributed by atoms with van der Waals surface area (Å²) in [6.07, 6.45) is 4.49. The first-order chi connectivity index (χ1) is 23.3. The van der Waals surface area contributed by atoms with E-state index in [0.717, 1.165) is 31.8 Å². The van der Waals surface area contributed by atoms with Crippen molar-refractivity contribution in [2.24, 2.45) is 0 Å². The summed E-state index contributed by atoms with van der Waals surface area (Å²) in [6, 6.07) is 21.8. The number of benzene rings is 4. The summed E-state index contributed by atoms with van der Waals surface area (Å²) < 4.78 is 16.4. The van der Waals surface area contributed by atoms with Gasteiger partial charge in [0, 0.05) is 52.7 Å². The molecule has 11 nitrogen and oxygen atoms in total. The maximum Gasteiger partial charge on any atom is 0.343 e. The lowest BCUT2D eigenvalue weighted by Crippen LogP contribution is -2.22. The SMILES string of the molecule is C=CC(=O)OCCCCCCOc1ccc(C(=O)Oc2ccc([N+](=O)[O-])cc2CNc2cccc3c2C(=O)c2ccccc2C3=O)cc1. The number of anilines is 1. The first kappa shape index (κ1) is 33.3. The number of hydrogen-bond acceptors (Lipinski definition) is 10. The van der Waals surface area contributed by atoms with Crippen molar-refractivity contribution in [3.8, 4) is 11.5 Å². The normalized spacial score (nSPS) is 11.6. The molecule has 11 heteroatoms. The number of unbranched alkanes of at least 4 members (excludes halogenated alkanes) is 3. The van der Waals surface area contributed by atoms with E-state index in [0.29, 0.717) is 41.3 Å². The van der Waals surface area contributed by atoms with E-state index in [1.165, 1.54) is 18.2 Å². The first-order valence-corrected chi connectivity index (χ1v) is 15.3. The molecule has 4 aromatic carbocycles. The number of nitro benzene ring substituents is 1. The minimum Gasteiger partial charge on any atom is -0.494 e. The lowest BCUT2D eigenvalue weighted by atomic mass is 9.83. The van der Waals surface area contributed by atoms with Gasteiger partial charge in [-0.15, -0.1) is 0 Å². The van der Waals surface area contributed by atoms with Crippen LogP contribution < -0.4 is 14.8 Å². The molecule has 0 saturated heterocycles. The summed E-state index contributed by atoms with van der Waals surface area (Å²) in [5.74, 6) is -1.02. The highest BCUT2D eigenvalue weighted by Crippen LogP contribution is 2.33. The number of nitrogens with zero attached hydrogens (tertiary/aromatic N) is 1. The van der Waals surface area contributed by atoms with E-state index < -0.39 is 16.9 Å². The number of hydrogen-bond donors (Lipinski definition) is 1. The van der Waals surface area contributed by atoms with Crippen LogP contribution in [0.15, 0.2) is 97.6 Å². The van der Waals surface area contributed by atoms with Gasteiger partial charge in [0.2, 0.25) is 0 Å². The number of carbonyl (C=O) groups excluding carboxylic acids is 4. The lowest BCUT2D eigenvalue weighted by molar-refractivity contribution is -0.384. The Labute approximate surface area is 276 Å². The second-order valence-electron chi connectivity index (χ2n) is 10.9. The number of rotatable bonds is 15. The van der Waals surface area contributed by atoms with Crippen molar-refractivity contribution in [3.63, 3.8) is 0 Å². The zero-order valence-corrected chi connectivity index (χ0v) is 25.9. The fourth-order valence-corrected chi connectivity index (χ4v) is 5.23. The summed E-state index contributed by atoms with van der Waals surface area (Å²) in [5.41, 5.74) is 1.79. The maximum atomic E-state index is 13.4. The van der Waals surface area contributed by atoms with E-state index in [1.807, 2.05) is 0 Å². The van der Waals surface area contributed by atoms with Crippen LogP contribution in [0.2, 0.25) is 0 Å². The molecule has 0 bridgehead atoms. The Kier molecular flexibility index (Phi) is 10.7. The van der Waals surface area contributed by atoms with Gasteiger partial charge in [-0.3, -0.25) is 19.7 Å². The molecule has 0 fully saturated rings. The Hall–Kier alpha value is -6.10. The molecule has 0 amide bonds. The molecule has 0 heterocycles. The summed E-state index contributed by atoms with van der Waals surface area (Å²) in [5, 5.41) is 14.7. The molecule has 0 aromatic heterocycles. The third-order valence-electron chi connectivity index (χ3n) is 7.69. The zero-order chi connectivity index (χ0) is 34.0. The highest BCUT2D eigenvalue weighted by molar-refractivity contribution is 6.30. The van der Waals surface area contributed by atoms with Crippen LogP contribution in [0.4, 0.5) is 11.4 Å². The average Bonchev–Trinajstić information content (AvgIpc) is 3.11. The van der Waals surface area contributed by atoms with E-state index in [2.05, 4.69) is 11.9 Å². The molecule has 1 aliphatic carbocycles. The first-order valence-electron chi connectivity index (χ1n) is 15.3. The third-order valence-corrected chi connectivity index (χ3v) is 7.69. The van der Waals surface area contributed by atoms with Crippen LogP contribution in [-0.4, -0.2) is 41.6 Å². The summed E-state index contributed by atoms with van der Waals surface area (Å²) in [7, 11) is 0. The Balaban J connectivity index is 1.22. The fourth-order valence-electron chi connectivity index (χ4n) is 5.23. The lowest BCUT2D eigenvalue weighted by Gasteiger charge is -2.21. The molecule has 244 valence electrons.